The number of hydrogen-bond acceptors (Lipinski definition) is 7. The van der Waals surface area contributed by atoms with Gasteiger partial charge in [0.25, 0.3) is 0 Å². The van der Waals surface area contributed by atoms with Gasteiger partial charge in [-0.15, -0.1) is 18.3 Å². The smallest absolute Gasteiger partial charge is 0.494 e. The van der Waals surface area contributed by atoms with Crippen molar-refractivity contribution in [2.75, 3.05) is 12.4 Å². The minimum absolute atomic E-state index is 0.0161. The lowest BCUT2D eigenvalue weighted by atomic mass is 9.93. The number of fused-ring (bicyclic) bond motifs is 1. The average molecular weight is 533 g/mol. The van der Waals surface area contributed by atoms with E-state index in [4.69, 9.17) is 16.3 Å². The molecule has 9 nitrogen and oxygen atoms in total. The van der Waals surface area contributed by atoms with E-state index in [1.807, 2.05) is 12.1 Å². The standard InChI is InChI=1S/C24H20ClF3N6O3/c1-36-20-10-15(4-7-19(20)33-12-21(25)29-13-33)30-23-31-22-18(11-16(35)8-9-34(22)32-23)14-2-5-17(6-3-14)37-24(26,27)28/h2-7,10,12-13,18H,8-9,11H2,1H3,(H,30,32). The third-order valence-electron chi connectivity index (χ3n) is 5.83. The van der Waals surface area contributed by atoms with Crippen molar-refractivity contribution >= 4 is 29.0 Å². The number of methoxy groups -OCH3 is 1. The van der Waals surface area contributed by atoms with Gasteiger partial charge in [0.05, 0.1) is 18.7 Å². The van der Waals surface area contributed by atoms with E-state index in [9.17, 15) is 18.0 Å². The van der Waals surface area contributed by atoms with Gasteiger partial charge < -0.3 is 19.4 Å². The second-order valence-corrected chi connectivity index (χ2v) is 8.68. The fourth-order valence-corrected chi connectivity index (χ4v) is 4.33. The van der Waals surface area contributed by atoms with Crippen LogP contribution in [0.5, 0.6) is 11.5 Å². The molecule has 1 aliphatic heterocycles. The van der Waals surface area contributed by atoms with Crippen molar-refractivity contribution in [1.29, 1.82) is 0 Å². The van der Waals surface area contributed by atoms with Crippen molar-refractivity contribution in [2.24, 2.45) is 0 Å². The molecule has 4 aromatic rings. The molecule has 0 radical (unpaired) electrons. The maximum Gasteiger partial charge on any atom is 0.573 e. The van der Waals surface area contributed by atoms with Crippen LogP contribution in [-0.2, 0) is 11.3 Å². The number of carbonyl (C=O) groups excluding carboxylic acids is 1. The monoisotopic (exact) mass is 532 g/mol. The number of alkyl halides is 3. The molecule has 0 amide bonds. The van der Waals surface area contributed by atoms with Gasteiger partial charge in [0.1, 0.15) is 34.6 Å². The van der Waals surface area contributed by atoms with E-state index in [1.165, 1.54) is 24.3 Å². The molecule has 0 saturated carbocycles. The number of ketones is 1. The second-order valence-electron chi connectivity index (χ2n) is 8.29. The van der Waals surface area contributed by atoms with Gasteiger partial charge in [-0.25, -0.2) is 9.67 Å². The molecule has 3 heterocycles. The molecular weight excluding hydrogens is 513 g/mol. The second kappa shape index (κ2) is 9.77. The normalized spacial score (nSPS) is 15.7. The third-order valence-corrected chi connectivity index (χ3v) is 6.02. The summed E-state index contributed by atoms with van der Waals surface area (Å²) < 4.78 is 50.4. The molecule has 2 aromatic heterocycles. The van der Waals surface area contributed by atoms with Gasteiger partial charge in [0.2, 0.25) is 5.95 Å². The number of Topliss-reactive ketones (excluding diaryl/α,β-unsaturated/α-hetero) is 1. The first-order chi connectivity index (χ1) is 17.7. The number of imidazole rings is 1. The van der Waals surface area contributed by atoms with E-state index in [-0.39, 0.29) is 24.4 Å². The first-order valence-corrected chi connectivity index (χ1v) is 11.5. The van der Waals surface area contributed by atoms with Crippen LogP contribution in [0.4, 0.5) is 24.8 Å². The Balaban J connectivity index is 1.41. The summed E-state index contributed by atoms with van der Waals surface area (Å²) in [6, 6.07) is 10.9. The first kappa shape index (κ1) is 24.6. The first-order valence-electron chi connectivity index (χ1n) is 11.2. The molecule has 1 N–H and O–H groups in total. The number of aryl methyl sites for hydroxylation is 1. The maximum atomic E-state index is 12.5. The van der Waals surface area contributed by atoms with Crippen molar-refractivity contribution < 1.29 is 27.4 Å². The van der Waals surface area contributed by atoms with Crippen LogP contribution in [0.15, 0.2) is 55.0 Å². The largest absolute Gasteiger partial charge is 0.573 e. The van der Waals surface area contributed by atoms with Crippen LogP contribution < -0.4 is 14.8 Å². The van der Waals surface area contributed by atoms with E-state index >= 15 is 0 Å². The highest BCUT2D eigenvalue weighted by Crippen LogP contribution is 2.34. The summed E-state index contributed by atoms with van der Waals surface area (Å²) in [5.74, 6) is 0.615. The quantitative estimate of drug-likeness (QED) is 0.362. The Morgan fingerprint density at radius 3 is 2.62 bits per heavy atom. The average Bonchev–Trinajstić information content (AvgIpc) is 3.43. The molecule has 0 fully saturated rings. The highest BCUT2D eigenvalue weighted by atomic mass is 35.5. The summed E-state index contributed by atoms with van der Waals surface area (Å²) in [5.41, 5.74) is 2.03. The molecule has 2 aromatic carbocycles. The summed E-state index contributed by atoms with van der Waals surface area (Å²) in [4.78, 5) is 21.0. The number of carbonyl (C=O) groups is 1. The van der Waals surface area contributed by atoms with Crippen molar-refractivity contribution in [1.82, 2.24) is 24.3 Å². The minimum atomic E-state index is -4.78. The van der Waals surface area contributed by atoms with E-state index in [2.05, 4.69) is 25.1 Å². The molecule has 37 heavy (non-hydrogen) atoms. The van der Waals surface area contributed by atoms with E-state index < -0.39 is 12.3 Å². The van der Waals surface area contributed by atoms with Gasteiger partial charge in [-0.1, -0.05) is 23.7 Å². The number of hydrogen-bond donors (Lipinski definition) is 1. The number of halogens is 4. The number of nitrogens with zero attached hydrogens (tertiary/aromatic N) is 5. The van der Waals surface area contributed by atoms with Crippen molar-refractivity contribution in [3.05, 3.63) is 71.5 Å². The SMILES string of the molecule is COc1cc(Nc2nc3n(n2)CCC(=O)CC3c2ccc(OC(F)(F)F)cc2)ccc1-n1cnc(Cl)c1. The zero-order valence-electron chi connectivity index (χ0n) is 19.4. The molecule has 0 aliphatic carbocycles. The summed E-state index contributed by atoms with van der Waals surface area (Å²) in [6.07, 6.45) is -1.12. The van der Waals surface area contributed by atoms with Crippen molar-refractivity contribution in [3.63, 3.8) is 0 Å². The Labute approximate surface area is 213 Å². The van der Waals surface area contributed by atoms with Crippen LogP contribution in [0.1, 0.15) is 30.1 Å². The van der Waals surface area contributed by atoms with Crippen molar-refractivity contribution in [3.8, 4) is 17.2 Å². The predicted octanol–water partition coefficient (Wildman–Crippen LogP) is 5.26. The van der Waals surface area contributed by atoms with Crippen molar-refractivity contribution in [2.45, 2.75) is 31.7 Å². The van der Waals surface area contributed by atoms with Crippen LogP contribution in [0, 0.1) is 0 Å². The van der Waals surface area contributed by atoms with E-state index in [1.54, 1.807) is 34.9 Å². The molecule has 1 atom stereocenters. The molecule has 0 saturated heterocycles. The van der Waals surface area contributed by atoms with Gasteiger partial charge in [-0.2, -0.15) is 4.98 Å². The van der Waals surface area contributed by atoms with E-state index in [0.29, 0.717) is 40.5 Å². The van der Waals surface area contributed by atoms with Crippen LogP contribution in [0.25, 0.3) is 5.69 Å². The van der Waals surface area contributed by atoms with Crippen LogP contribution in [0.3, 0.4) is 0 Å². The summed E-state index contributed by atoms with van der Waals surface area (Å²) >= 11 is 5.93. The van der Waals surface area contributed by atoms with Crippen LogP contribution >= 0.6 is 11.6 Å². The summed E-state index contributed by atoms with van der Waals surface area (Å²) in [6.45, 7) is 0.345. The minimum Gasteiger partial charge on any atom is -0.494 e. The zero-order chi connectivity index (χ0) is 26.2. The molecule has 1 unspecified atom stereocenters. The summed E-state index contributed by atoms with van der Waals surface area (Å²) in [5, 5.41) is 8.02. The Hall–Kier alpha value is -4.06. The number of nitrogens with one attached hydrogen (secondary N) is 1. The Morgan fingerprint density at radius 2 is 1.95 bits per heavy atom. The Morgan fingerprint density at radius 1 is 1.16 bits per heavy atom. The summed E-state index contributed by atoms with van der Waals surface area (Å²) in [7, 11) is 1.55. The van der Waals surface area contributed by atoms with Gasteiger partial charge in [-0.05, 0) is 29.8 Å². The van der Waals surface area contributed by atoms with Crippen LogP contribution in [0.2, 0.25) is 5.15 Å². The van der Waals surface area contributed by atoms with Gasteiger partial charge in [-0.3, -0.25) is 4.79 Å². The Kier molecular flexibility index (Phi) is 6.50. The number of anilines is 2. The molecule has 0 bridgehead atoms. The van der Waals surface area contributed by atoms with Crippen LogP contribution in [-0.4, -0.2) is 43.6 Å². The molecule has 13 heteroatoms. The predicted molar refractivity (Wildman–Crippen MR) is 128 cm³/mol. The Bertz CT molecular complexity index is 1430. The third kappa shape index (κ3) is 5.53. The lowest BCUT2D eigenvalue weighted by Gasteiger charge is -2.15. The topological polar surface area (TPSA) is 96.1 Å². The molecular formula is C24H20ClF3N6O3. The fraction of sp³-hybridized carbons (Fsp3) is 0.250. The molecule has 192 valence electrons. The molecule has 0 spiro atoms. The lowest BCUT2D eigenvalue weighted by molar-refractivity contribution is -0.274. The number of ether oxygens (including phenoxy) is 2. The molecule has 1 aliphatic rings. The van der Waals surface area contributed by atoms with Gasteiger partial charge in [0.15, 0.2) is 0 Å². The maximum absolute atomic E-state index is 12.5. The number of aromatic nitrogens is 5. The lowest BCUT2D eigenvalue weighted by Crippen LogP contribution is -2.17. The van der Waals surface area contributed by atoms with E-state index in [0.717, 1.165) is 5.69 Å². The van der Waals surface area contributed by atoms with Gasteiger partial charge >= 0.3 is 6.36 Å². The highest BCUT2D eigenvalue weighted by molar-refractivity contribution is 6.29. The van der Waals surface area contributed by atoms with Gasteiger partial charge in [0, 0.05) is 37.3 Å². The zero-order valence-corrected chi connectivity index (χ0v) is 20.1. The fourth-order valence-electron chi connectivity index (χ4n) is 4.18. The molecule has 5 rings (SSSR count). The number of benzene rings is 2. The highest BCUT2D eigenvalue weighted by Gasteiger charge is 2.32. The number of rotatable bonds is 6.